The molecule has 6 aromatic carbocycles. The lowest BCUT2D eigenvalue weighted by molar-refractivity contribution is 0.00578. The first kappa shape index (κ1) is 76.0. The monoisotopic (exact) mass is 1460 g/mol. The topological polar surface area (TPSA) is 276 Å². The summed E-state index contributed by atoms with van der Waals surface area (Å²) in [5.41, 5.74) is 25.7. The molecule has 0 spiro atoms. The van der Waals surface area contributed by atoms with Crippen LogP contribution < -0.4 is 42.2 Å². The fourth-order valence-corrected chi connectivity index (χ4v) is 12.8. The largest absolute Gasteiger partial charge is 0.494 e. The second-order valence-corrected chi connectivity index (χ2v) is 28.1. The van der Waals surface area contributed by atoms with Crippen LogP contribution in [0.25, 0.3) is 22.3 Å². The van der Waals surface area contributed by atoms with Gasteiger partial charge in [-0.15, -0.1) is 0 Å². The minimum Gasteiger partial charge on any atom is -0.485 e. The van der Waals surface area contributed by atoms with Crippen LogP contribution in [0.4, 0.5) is 17.5 Å². The van der Waals surface area contributed by atoms with Gasteiger partial charge in [0.25, 0.3) is 5.91 Å². The summed E-state index contributed by atoms with van der Waals surface area (Å²) in [6.45, 7) is 18.7. The highest BCUT2D eigenvalue weighted by atomic mass is 79.9. The van der Waals surface area contributed by atoms with Crippen LogP contribution in [0, 0.1) is 0 Å². The number of nitrogens with two attached hydrogens (primary N) is 3. The van der Waals surface area contributed by atoms with Gasteiger partial charge in [-0.25, -0.2) is 24.5 Å². The summed E-state index contributed by atoms with van der Waals surface area (Å²) in [6, 6.07) is 57.3. The molecule has 0 saturated carbocycles. The van der Waals surface area contributed by atoms with Crippen molar-refractivity contribution in [1.82, 2.24) is 35.0 Å². The smallest absolute Gasteiger partial charge is 0.485 e. The third kappa shape index (κ3) is 22.2. The summed E-state index contributed by atoms with van der Waals surface area (Å²) in [6.07, 6.45) is 15.4. The van der Waals surface area contributed by atoms with Crippen LogP contribution in [0.1, 0.15) is 127 Å². The van der Waals surface area contributed by atoms with Crippen LogP contribution in [-0.4, -0.2) is 140 Å². The molecule has 5 aliphatic rings. The highest BCUT2D eigenvalue weighted by Crippen LogP contribution is 2.37. The highest BCUT2D eigenvalue weighted by Gasteiger charge is 2.51. The average Bonchev–Trinajstić information content (AvgIpc) is 1.63. The number of carbonyl (C=O) groups excluding carboxylic acids is 1. The molecule has 5 saturated heterocycles. The Labute approximate surface area is 613 Å². The van der Waals surface area contributed by atoms with Crippen molar-refractivity contribution in [2.45, 2.75) is 122 Å². The molecule has 0 aliphatic carbocycles. The number of aromatic nitrogens is 3. The maximum atomic E-state index is 13.3. The van der Waals surface area contributed by atoms with Crippen molar-refractivity contribution in [3.8, 4) is 39.5 Å². The van der Waals surface area contributed by atoms with Gasteiger partial charge in [0.15, 0.2) is 34.7 Å². The minimum atomic E-state index is -0.955. The van der Waals surface area contributed by atoms with Crippen molar-refractivity contribution in [3.63, 3.8) is 0 Å². The number of rotatable bonds is 19. The van der Waals surface area contributed by atoms with Crippen LogP contribution in [0.5, 0.6) is 17.2 Å². The molecule has 9 aromatic rings. The summed E-state index contributed by atoms with van der Waals surface area (Å²) in [5.74, 6) is 0.982. The van der Waals surface area contributed by atoms with E-state index < -0.39 is 19.1 Å². The van der Waals surface area contributed by atoms with Crippen molar-refractivity contribution >= 4 is 63.8 Å². The van der Waals surface area contributed by atoms with Gasteiger partial charge in [0.05, 0.1) is 22.3 Å². The summed E-state index contributed by atoms with van der Waals surface area (Å²) >= 11 is 3.32. The Morgan fingerprint density at radius 1 is 0.505 bits per heavy atom. The fourth-order valence-electron chi connectivity index (χ4n) is 12.5. The summed E-state index contributed by atoms with van der Waals surface area (Å²) in [4.78, 5) is 54.6. The molecule has 1 amide bonds. The summed E-state index contributed by atoms with van der Waals surface area (Å²) < 4.78 is 29.9. The number of carboxylic acids is 2. The van der Waals surface area contributed by atoms with Crippen molar-refractivity contribution in [2.75, 3.05) is 69.6 Å². The van der Waals surface area contributed by atoms with E-state index in [1.54, 1.807) is 73.2 Å². The number of benzene rings is 6. The molecule has 0 bridgehead atoms. The van der Waals surface area contributed by atoms with E-state index in [1.165, 1.54) is 77.8 Å². The third-order valence-corrected chi connectivity index (χ3v) is 19.5. The number of halogens is 1. The van der Waals surface area contributed by atoms with Gasteiger partial charge >= 0.3 is 19.1 Å². The van der Waals surface area contributed by atoms with E-state index in [-0.39, 0.29) is 28.2 Å². The van der Waals surface area contributed by atoms with Crippen LogP contribution in [0.3, 0.4) is 0 Å². The molecule has 14 rings (SSSR count). The van der Waals surface area contributed by atoms with Gasteiger partial charge in [-0.05, 0) is 216 Å². The van der Waals surface area contributed by atoms with Gasteiger partial charge in [-0.3, -0.25) is 4.79 Å². The number of ether oxygens (including phenoxy) is 3. The van der Waals surface area contributed by atoms with Crippen LogP contribution in [0.15, 0.2) is 205 Å². The number of hydrogen-bond acceptors (Lipinski definition) is 17. The normalized spacial score (nSPS) is 17.3. The van der Waals surface area contributed by atoms with Crippen molar-refractivity contribution in [2.24, 2.45) is 0 Å². The molecular weight excluding hydrogens is 1360 g/mol. The first-order valence-corrected chi connectivity index (χ1v) is 36.1. The molecule has 3 aromatic heterocycles. The first-order valence-electron chi connectivity index (χ1n) is 35.3. The zero-order valence-corrected chi connectivity index (χ0v) is 60.8. The van der Waals surface area contributed by atoms with Crippen LogP contribution in [0.2, 0.25) is 0 Å². The van der Waals surface area contributed by atoms with Crippen molar-refractivity contribution in [1.29, 1.82) is 0 Å². The molecule has 5 fully saturated rings. The lowest BCUT2D eigenvalue weighted by atomic mass is 9.79. The molecule has 0 radical (unpaired) electrons. The van der Waals surface area contributed by atoms with Gasteiger partial charge in [0.2, 0.25) is 0 Å². The molecule has 5 aliphatic heterocycles. The van der Waals surface area contributed by atoms with E-state index in [0.717, 1.165) is 86.4 Å². The number of nitrogens with zero attached hydrogens (tertiary/aromatic N) is 6. The maximum Gasteiger partial charge on any atom is 0.494 e. The van der Waals surface area contributed by atoms with Crippen molar-refractivity contribution in [3.05, 3.63) is 238 Å². The molecule has 2 atom stereocenters. The molecule has 538 valence electrons. The Morgan fingerprint density at radius 3 is 1.34 bits per heavy atom. The molecule has 103 heavy (non-hydrogen) atoms. The molecule has 9 N–H and O–H groups in total. The Kier molecular flexibility index (Phi) is 27.3. The standard InChI is InChI=1S/C28H32N4O2.C19H16N2O3.C13H17BO4.C12H11BrN2O.C9H18N2/c29-27-26(34-20-21-7-2-1-3-8-21)17-24(18-30-27)22-10-12-23(13-11-22)28(33)32-16-6-9-25(32)19-31-14-4-5-15-31;20-18-17(24-12-13-4-2-1-3-5-13)10-16(11-21-18)14-6-8-15(9-7-14)19(22)23;1-12(2)13(3,4)18-14(17-12)10-7-5-9(6-8-10)11(15)16;13-10-6-11(12(14)15-7-10)16-8-9-4-2-1-3-5-9;1-2-7-11(6-1)8-9-4-3-5-10-9/h1-3,7-8,10-13,17-18,25H,4-6,9,14-16,19-20H2,(H2,29,30);1-11H,12H2,(H2,20,21)(H,22,23);5-8H,1-4H3,(H,15,16);1-7H,8H2,(H2,14,15);9-10H,1-8H2/t25-;;;;9-/m1...1/s1. The SMILES string of the molecule is C1CN[C@@H](CN2CCCC2)C1.CC1(C)OB(c2ccc(C(=O)O)cc2)OC1(C)C.Nc1ncc(-c2ccc(C(=O)N3CCC[C@@H]3CN3CCCC3)cc2)cc1OCc1ccccc1.Nc1ncc(-c2ccc(C(=O)O)cc2)cc1OCc1ccccc1.Nc1ncc(Br)cc1OCc1ccccc1. The molecule has 20 nitrogen and oxygen atoms in total. The Bertz CT molecular complexity index is 4140. The fraction of sp³-hybridized carbons (Fsp3) is 0.333. The summed E-state index contributed by atoms with van der Waals surface area (Å²) in [5, 5.41) is 21.3. The van der Waals surface area contributed by atoms with Gasteiger partial charge in [-0.2, -0.15) is 0 Å². The number of nitrogen functional groups attached to an aromatic ring is 3. The number of carbonyl (C=O) groups is 3. The Morgan fingerprint density at radius 2 is 0.913 bits per heavy atom. The highest BCUT2D eigenvalue weighted by molar-refractivity contribution is 9.10. The number of aromatic carboxylic acids is 2. The van der Waals surface area contributed by atoms with Crippen molar-refractivity contribution < 1.29 is 48.1 Å². The first-order chi connectivity index (χ1) is 49.7. The number of carboxylic acid groups (broad SMARTS) is 2. The van der Waals surface area contributed by atoms with Gasteiger partial charge < -0.3 is 70.9 Å². The number of amides is 1. The van der Waals surface area contributed by atoms with E-state index in [1.807, 2.05) is 155 Å². The molecule has 8 heterocycles. The second kappa shape index (κ2) is 37.0. The van der Waals surface area contributed by atoms with Crippen LogP contribution in [-0.2, 0) is 29.1 Å². The zero-order chi connectivity index (χ0) is 72.7. The van der Waals surface area contributed by atoms with E-state index in [2.05, 4.69) is 50.9 Å². The van der Waals surface area contributed by atoms with Gasteiger partial charge in [0, 0.05) is 71.5 Å². The number of anilines is 3. The molecule has 0 unspecified atom stereocenters. The number of hydrogen-bond donors (Lipinski definition) is 6. The Hall–Kier alpha value is -9.68. The predicted octanol–water partition coefficient (Wildman–Crippen LogP) is 13.7. The van der Waals surface area contributed by atoms with Gasteiger partial charge in [0.1, 0.15) is 19.8 Å². The molecule has 22 heteroatoms. The number of nitrogens with one attached hydrogen (secondary N) is 1. The maximum absolute atomic E-state index is 13.3. The van der Waals surface area contributed by atoms with Crippen LogP contribution >= 0.6 is 15.9 Å². The number of pyridine rings is 3. The second-order valence-electron chi connectivity index (χ2n) is 27.2. The van der Waals surface area contributed by atoms with E-state index in [0.29, 0.717) is 60.6 Å². The third-order valence-electron chi connectivity index (χ3n) is 19.1. The van der Waals surface area contributed by atoms with Gasteiger partial charge in [-0.1, -0.05) is 127 Å². The predicted molar refractivity (Wildman–Crippen MR) is 409 cm³/mol. The van der Waals surface area contributed by atoms with E-state index >= 15 is 0 Å². The minimum absolute atomic E-state index is 0.135. The zero-order valence-electron chi connectivity index (χ0n) is 59.2. The summed E-state index contributed by atoms with van der Waals surface area (Å²) in [7, 11) is -0.446. The number of likely N-dealkylation sites (tertiary alicyclic amines) is 3. The lowest BCUT2D eigenvalue weighted by Gasteiger charge is -2.32. The lowest BCUT2D eigenvalue weighted by Crippen LogP contribution is -2.42. The average molecular weight is 1460 g/mol. The Balaban J connectivity index is 0.000000146. The quantitative estimate of drug-likeness (QED) is 0.0410. The molecular formula is C81H94BBrN10O10. The van der Waals surface area contributed by atoms with E-state index in [9.17, 15) is 14.4 Å². The van der Waals surface area contributed by atoms with E-state index in [4.69, 9.17) is 50.9 Å².